The standard InChI is InChI=1S/C27H26N2O5/c1-17-2-8-21(15-22(17)18-3-5-19(6-4-18)25(31)28-12-13-30)29-26(32)27(10-11-27)20-7-9-23-24(14-20)34-16-33-23/h2-9,14-15,30H,10-13,16H2,1H3,(H,28,31)(H,29,32). The van der Waals surface area contributed by atoms with E-state index in [-0.39, 0.29) is 31.8 Å². The molecule has 34 heavy (non-hydrogen) atoms. The molecule has 0 unspecified atom stereocenters. The molecule has 0 atom stereocenters. The van der Waals surface area contributed by atoms with E-state index in [1.54, 1.807) is 12.1 Å². The maximum Gasteiger partial charge on any atom is 0.251 e. The predicted octanol–water partition coefficient (Wildman–Crippen LogP) is 3.78. The van der Waals surface area contributed by atoms with Crippen LogP contribution in [0.25, 0.3) is 11.1 Å². The van der Waals surface area contributed by atoms with Crippen molar-refractivity contribution in [2.75, 3.05) is 25.3 Å². The third kappa shape index (κ3) is 4.10. The summed E-state index contributed by atoms with van der Waals surface area (Å²) in [5.74, 6) is 1.14. The van der Waals surface area contributed by atoms with Gasteiger partial charge >= 0.3 is 0 Å². The zero-order valence-electron chi connectivity index (χ0n) is 18.9. The van der Waals surface area contributed by atoms with Crippen LogP contribution < -0.4 is 20.1 Å². The first-order valence-electron chi connectivity index (χ1n) is 11.3. The molecule has 3 aromatic carbocycles. The number of aryl methyl sites for hydroxylation is 1. The van der Waals surface area contributed by atoms with E-state index in [0.717, 1.165) is 40.8 Å². The number of fused-ring (bicyclic) bond motifs is 1. The second-order valence-corrected chi connectivity index (χ2v) is 8.69. The lowest BCUT2D eigenvalue weighted by Gasteiger charge is -2.17. The molecule has 2 amide bonds. The minimum atomic E-state index is -0.546. The average molecular weight is 459 g/mol. The Kier molecular flexibility index (Phi) is 5.71. The molecule has 0 saturated heterocycles. The van der Waals surface area contributed by atoms with Crippen molar-refractivity contribution in [3.05, 3.63) is 77.4 Å². The van der Waals surface area contributed by atoms with Crippen molar-refractivity contribution in [1.29, 1.82) is 0 Å². The van der Waals surface area contributed by atoms with Crippen LogP contribution in [0.15, 0.2) is 60.7 Å². The van der Waals surface area contributed by atoms with Crippen LogP contribution in [0.1, 0.15) is 34.3 Å². The number of amides is 2. The van der Waals surface area contributed by atoms with E-state index in [2.05, 4.69) is 10.6 Å². The normalized spacial score (nSPS) is 15.0. The highest BCUT2D eigenvalue weighted by atomic mass is 16.7. The Morgan fingerprint density at radius 1 is 0.971 bits per heavy atom. The van der Waals surface area contributed by atoms with Crippen LogP contribution in [0.2, 0.25) is 0 Å². The fourth-order valence-corrected chi connectivity index (χ4v) is 4.30. The van der Waals surface area contributed by atoms with Crippen LogP contribution in [0.5, 0.6) is 11.5 Å². The number of aliphatic hydroxyl groups is 1. The maximum atomic E-state index is 13.3. The molecule has 7 nitrogen and oxygen atoms in total. The summed E-state index contributed by atoms with van der Waals surface area (Å²) >= 11 is 0. The quantitative estimate of drug-likeness (QED) is 0.501. The topological polar surface area (TPSA) is 96.9 Å². The van der Waals surface area contributed by atoms with Crippen LogP contribution in [0.4, 0.5) is 5.69 Å². The van der Waals surface area contributed by atoms with Crippen molar-refractivity contribution in [3.8, 4) is 22.6 Å². The zero-order valence-corrected chi connectivity index (χ0v) is 18.9. The highest BCUT2D eigenvalue weighted by Crippen LogP contribution is 2.51. The molecule has 2 aliphatic rings. The summed E-state index contributed by atoms with van der Waals surface area (Å²) in [5, 5.41) is 14.6. The number of hydrogen-bond donors (Lipinski definition) is 3. The summed E-state index contributed by atoms with van der Waals surface area (Å²) in [5.41, 5.74) is 4.64. The van der Waals surface area contributed by atoms with Gasteiger partial charge < -0.3 is 25.2 Å². The molecule has 1 aliphatic heterocycles. The summed E-state index contributed by atoms with van der Waals surface area (Å²) in [6.07, 6.45) is 1.58. The van der Waals surface area contributed by atoms with Crippen molar-refractivity contribution in [1.82, 2.24) is 5.32 Å². The van der Waals surface area contributed by atoms with E-state index in [9.17, 15) is 9.59 Å². The van der Waals surface area contributed by atoms with E-state index in [1.807, 2.05) is 55.5 Å². The molecule has 0 radical (unpaired) electrons. The Balaban J connectivity index is 1.34. The molecule has 174 valence electrons. The number of ether oxygens (including phenoxy) is 2. The molecule has 0 bridgehead atoms. The number of rotatable bonds is 7. The molecular formula is C27H26N2O5. The summed E-state index contributed by atoms with van der Waals surface area (Å²) in [4.78, 5) is 25.4. The first-order valence-corrected chi connectivity index (χ1v) is 11.3. The monoisotopic (exact) mass is 458 g/mol. The van der Waals surface area contributed by atoms with Crippen LogP contribution in [0.3, 0.4) is 0 Å². The zero-order chi connectivity index (χ0) is 23.7. The van der Waals surface area contributed by atoms with Gasteiger partial charge in [0.25, 0.3) is 5.91 Å². The molecule has 0 aromatic heterocycles. The van der Waals surface area contributed by atoms with Gasteiger partial charge in [0.15, 0.2) is 11.5 Å². The summed E-state index contributed by atoms with van der Waals surface area (Å²) in [7, 11) is 0. The van der Waals surface area contributed by atoms with E-state index >= 15 is 0 Å². The van der Waals surface area contributed by atoms with Gasteiger partial charge in [-0.1, -0.05) is 24.3 Å². The summed E-state index contributed by atoms with van der Waals surface area (Å²) in [6.45, 7) is 2.34. The van der Waals surface area contributed by atoms with Gasteiger partial charge in [0.2, 0.25) is 12.7 Å². The van der Waals surface area contributed by atoms with Gasteiger partial charge in [-0.15, -0.1) is 0 Å². The van der Waals surface area contributed by atoms with Gasteiger partial charge in [0, 0.05) is 17.8 Å². The van der Waals surface area contributed by atoms with Gasteiger partial charge in [-0.3, -0.25) is 9.59 Å². The third-order valence-corrected chi connectivity index (χ3v) is 6.46. The maximum absolute atomic E-state index is 13.3. The van der Waals surface area contributed by atoms with Crippen molar-refractivity contribution in [2.24, 2.45) is 0 Å². The first kappa shape index (κ1) is 22.0. The fourth-order valence-electron chi connectivity index (χ4n) is 4.30. The number of carbonyl (C=O) groups excluding carboxylic acids is 2. The van der Waals surface area contributed by atoms with E-state index < -0.39 is 5.41 Å². The van der Waals surface area contributed by atoms with E-state index in [4.69, 9.17) is 14.6 Å². The molecule has 7 heteroatoms. The largest absolute Gasteiger partial charge is 0.454 e. The Labute approximate surface area is 197 Å². The third-order valence-electron chi connectivity index (χ3n) is 6.46. The minimum Gasteiger partial charge on any atom is -0.454 e. The lowest BCUT2D eigenvalue weighted by molar-refractivity contribution is -0.118. The highest BCUT2D eigenvalue weighted by Gasteiger charge is 2.51. The summed E-state index contributed by atoms with van der Waals surface area (Å²) < 4.78 is 10.9. The van der Waals surface area contributed by atoms with Crippen molar-refractivity contribution < 1.29 is 24.2 Å². The number of hydrogen-bond acceptors (Lipinski definition) is 5. The lowest BCUT2D eigenvalue weighted by atomic mass is 9.94. The average Bonchev–Trinajstić information content (AvgIpc) is 3.54. The van der Waals surface area contributed by atoms with Gasteiger partial charge in [-0.05, 0) is 78.4 Å². The van der Waals surface area contributed by atoms with Crippen LogP contribution in [-0.2, 0) is 10.2 Å². The molecule has 1 heterocycles. The molecule has 3 aromatic rings. The molecule has 1 aliphatic carbocycles. The fraction of sp³-hybridized carbons (Fsp3) is 0.259. The number of anilines is 1. The lowest BCUT2D eigenvalue weighted by Crippen LogP contribution is -2.27. The Hall–Kier alpha value is -3.84. The van der Waals surface area contributed by atoms with Gasteiger partial charge in [0.1, 0.15) is 0 Å². The van der Waals surface area contributed by atoms with Crippen molar-refractivity contribution in [2.45, 2.75) is 25.2 Å². The van der Waals surface area contributed by atoms with Gasteiger partial charge in [-0.25, -0.2) is 0 Å². The van der Waals surface area contributed by atoms with Crippen LogP contribution in [0, 0.1) is 6.92 Å². The number of nitrogens with one attached hydrogen (secondary N) is 2. The van der Waals surface area contributed by atoms with Gasteiger partial charge in [0.05, 0.1) is 12.0 Å². The Morgan fingerprint density at radius 2 is 1.74 bits per heavy atom. The Bertz CT molecular complexity index is 1250. The molecular weight excluding hydrogens is 432 g/mol. The van der Waals surface area contributed by atoms with Crippen molar-refractivity contribution >= 4 is 17.5 Å². The predicted molar refractivity (Wildman–Crippen MR) is 128 cm³/mol. The second kappa shape index (κ2) is 8.83. The number of carbonyl (C=O) groups is 2. The van der Waals surface area contributed by atoms with E-state index in [0.29, 0.717) is 17.1 Å². The highest BCUT2D eigenvalue weighted by molar-refractivity contribution is 6.02. The SMILES string of the molecule is Cc1ccc(NC(=O)C2(c3ccc4c(c3)OCO4)CC2)cc1-c1ccc(C(=O)NCCO)cc1. The minimum absolute atomic E-state index is 0.0305. The molecule has 1 saturated carbocycles. The Morgan fingerprint density at radius 3 is 2.47 bits per heavy atom. The molecule has 5 rings (SSSR count). The summed E-state index contributed by atoms with van der Waals surface area (Å²) in [6, 6.07) is 18.8. The van der Waals surface area contributed by atoms with Crippen molar-refractivity contribution in [3.63, 3.8) is 0 Å². The van der Waals surface area contributed by atoms with Gasteiger partial charge in [-0.2, -0.15) is 0 Å². The molecule has 0 spiro atoms. The first-order chi connectivity index (χ1) is 16.5. The molecule has 3 N–H and O–H groups in total. The van der Waals surface area contributed by atoms with E-state index in [1.165, 1.54) is 0 Å². The number of benzene rings is 3. The second-order valence-electron chi connectivity index (χ2n) is 8.69. The van der Waals surface area contributed by atoms with Crippen LogP contribution >= 0.6 is 0 Å². The molecule has 1 fully saturated rings. The van der Waals surface area contributed by atoms with Crippen LogP contribution in [-0.4, -0.2) is 36.9 Å². The number of aliphatic hydroxyl groups excluding tert-OH is 1. The smallest absolute Gasteiger partial charge is 0.251 e.